The van der Waals surface area contributed by atoms with Gasteiger partial charge in [-0.3, -0.25) is 4.57 Å². The standard InChI is InChI=1S/C12H17N5O4S/c1-22-3-12(20)8(19)6(2-18)21-11(12)17-5-16-7-9(13)14-4-15-10(7)17/h4-6,8,11,18-20H,2-3H2,1H3,(H2,13,14,15)/t6-,8-,11-,12-/m1/s1. The van der Waals surface area contributed by atoms with Gasteiger partial charge in [-0.15, -0.1) is 0 Å². The van der Waals surface area contributed by atoms with Crippen molar-refractivity contribution in [3.05, 3.63) is 12.7 Å². The molecule has 0 amide bonds. The van der Waals surface area contributed by atoms with E-state index in [0.717, 1.165) is 0 Å². The number of fused-ring (bicyclic) bond motifs is 1. The second-order valence-corrected chi connectivity index (χ2v) is 6.03. The lowest BCUT2D eigenvalue weighted by Gasteiger charge is -2.30. The molecule has 0 saturated carbocycles. The Morgan fingerprint density at radius 1 is 1.45 bits per heavy atom. The summed E-state index contributed by atoms with van der Waals surface area (Å²) in [5.41, 5.74) is 4.95. The van der Waals surface area contributed by atoms with Crippen LogP contribution in [-0.4, -0.2) is 71.3 Å². The van der Waals surface area contributed by atoms with Crippen molar-refractivity contribution in [1.29, 1.82) is 0 Å². The van der Waals surface area contributed by atoms with E-state index in [9.17, 15) is 15.3 Å². The third kappa shape index (κ3) is 2.15. The van der Waals surface area contributed by atoms with E-state index in [4.69, 9.17) is 10.5 Å². The molecular weight excluding hydrogens is 310 g/mol. The first-order chi connectivity index (χ1) is 10.5. The average Bonchev–Trinajstić information content (AvgIpc) is 3.02. The van der Waals surface area contributed by atoms with Crippen molar-refractivity contribution < 1.29 is 20.1 Å². The quantitative estimate of drug-likeness (QED) is 0.542. The van der Waals surface area contributed by atoms with Gasteiger partial charge < -0.3 is 25.8 Å². The van der Waals surface area contributed by atoms with Crippen LogP contribution in [0.3, 0.4) is 0 Å². The molecule has 1 aliphatic heterocycles. The Balaban J connectivity index is 2.09. The summed E-state index contributed by atoms with van der Waals surface area (Å²) in [6.07, 6.45) is 1.47. The molecule has 0 spiro atoms. The van der Waals surface area contributed by atoms with Gasteiger partial charge in [0.25, 0.3) is 0 Å². The first-order valence-corrected chi connectivity index (χ1v) is 8.01. The number of anilines is 1. The summed E-state index contributed by atoms with van der Waals surface area (Å²) in [6.45, 7) is -0.405. The average molecular weight is 327 g/mol. The fourth-order valence-corrected chi connectivity index (χ4v) is 3.48. The molecule has 3 rings (SSSR count). The number of aliphatic hydroxyl groups excluding tert-OH is 2. The Morgan fingerprint density at radius 2 is 2.23 bits per heavy atom. The number of nitrogen functional groups attached to an aromatic ring is 1. The molecule has 1 saturated heterocycles. The number of aliphatic hydroxyl groups is 3. The topological polar surface area (TPSA) is 140 Å². The fraction of sp³-hybridized carbons (Fsp3) is 0.583. The van der Waals surface area contributed by atoms with Gasteiger partial charge >= 0.3 is 0 Å². The van der Waals surface area contributed by atoms with Crippen molar-refractivity contribution in [3.8, 4) is 0 Å². The van der Waals surface area contributed by atoms with Crippen molar-refractivity contribution in [2.24, 2.45) is 0 Å². The van der Waals surface area contributed by atoms with Gasteiger partial charge in [-0.2, -0.15) is 11.8 Å². The molecule has 2 aromatic heterocycles. The largest absolute Gasteiger partial charge is 0.394 e. The molecule has 22 heavy (non-hydrogen) atoms. The lowest BCUT2D eigenvalue weighted by atomic mass is 9.96. The number of thioether (sulfide) groups is 1. The summed E-state index contributed by atoms with van der Waals surface area (Å²) in [6, 6.07) is 0. The molecule has 10 heteroatoms. The number of ether oxygens (including phenoxy) is 1. The molecule has 0 unspecified atom stereocenters. The predicted molar refractivity (Wildman–Crippen MR) is 80.1 cm³/mol. The number of rotatable bonds is 4. The number of hydrogen-bond acceptors (Lipinski definition) is 9. The number of imidazole rings is 1. The minimum Gasteiger partial charge on any atom is -0.394 e. The van der Waals surface area contributed by atoms with Crippen LogP contribution >= 0.6 is 11.8 Å². The minimum absolute atomic E-state index is 0.217. The molecular formula is C12H17N5O4S. The summed E-state index contributed by atoms with van der Waals surface area (Å²) in [4.78, 5) is 12.1. The van der Waals surface area contributed by atoms with Crippen LogP contribution in [-0.2, 0) is 4.74 Å². The zero-order valence-corrected chi connectivity index (χ0v) is 12.6. The molecule has 120 valence electrons. The highest BCUT2D eigenvalue weighted by molar-refractivity contribution is 7.98. The van der Waals surface area contributed by atoms with Crippen molar-refractivity contribution in [2.75, 3.05) is 24.3 Å². The van der Waals surface area contributed by atoms with Gasteiger partial charge in [0.2, 0.25) is 0 Å². The third-order valence-electron chi connectivity index (χ3n) is 3.79. The maximum absolute atomic E-state index is 10.9. The van der Waals surface area contributed by atoms with Crippen LogP contribution in [0.2, 0.25) is 0 Å². The first kappa shape index (κ1) is 15.4. The number of hydrogen-bond donors (Lipinski definition) is 4. The zero-order chi connectivity index (χ0) is 15.9. The molecule has 0 bridgehead atoms. The molecule has 1 aliphatic rings. The highest BCUT2D eigenvalue weighted by Crippen LogP contribution is 2.41. The monoisotopic (exact) mass is 327 g/mol. The highest BCUT2D eigenvalue weighted by atomic mass is 32.2. The molecule has 1 fully saturated rings. The molecule has 0 aromatic carbocycles. The molecule has 3 heterocycles. The molecule has 2 aromatic rings. The number of nitrogens with zero attached hydrogens (tertiary/aromatic N) is 4. The Hall–Kier alpha value is -1.46. The van der Waals surface area contributed by atoms with Gasteiger partial charge in [-0.1, -0.05) is 0 Å². The summed E-state index contributed by atoms with van der Waals surface area (Å²) >= 11 is 1.36. The van der Waals surface area contributed by atoms with Gasteiger partial charge in [-0.25, -0.2) is 15.0 Å². The van der Waals surface area contributed by atoms with E-state index >= 15 is 0 Å². The minimum atomic E-state index is -1.58. The van der Waals surface area contributed by atoms with Crippen LogP contribution in [0.25, 0.3) is 11.2 Å². The summed E-state index contributed by atoms with van der Waals surface area (Å²) in [7, 11) is 0. The van der Waals surface area contributed by atoms with Crippen molar-refractivity contribution in [2.45, 2.75) is 24.0 Å². The summed E-state index contributed by atoms with van der Waals surface area (Å²) in [5, 5.41) is 30.5. The van der Waals surface area contributed by atoms with Gasteiger partial charge in [0.15, 0.2) is 17.7 Å². The molecule has 5 N–H and O–H groups in total. The fourth-order valence-electron chi connectivity index (χ4n) is 2.70. The lowest BCUT2D eigenvalue weighted by molar-refractivity contribution is -0.0918. The molecule has 9 nitrogen and oxygen atoms in total. The number of aromatic nitrogens is 4. The second kappa shape index (κ2) is 5.63. The van der Waals surface area contributed by atoms with Crippen molar-refractivity contribution in [3.63, 3.8) is 0 Å². The maximum Gasteiger partial charge on any atom is 0.169 e. The predicted octanol–water partition coefficient (Wildman–Crippen LogP) is -1.25. The third-order valence-corrected chi connectivity index (χ3v) is 4.54. The van der Waals surface area contributed by atoms with Crippen LogP contribution in [0.1, 0.15) is 6.23 Å². The smallest absolute Gasteiger partial charge is 0.169 e. The van der Waals surface area contributed by atoms with E-state index in [0.29, 0.717) is 11.2 Å². The van der Waals surface area contributed by atoms with E-state index in [1.54, 1.807) is 6.26 Å². The van der Waals surface area contributed by atoms with E-state index in [1.165, 1.54) is 29.0 Å². The Bertz CT molecular complexity index is 683. The molecule has 0 aliphatic carbocycles. The van der Waals surface area contributed by atoms with Crippen LogP contribution in [0.4, 0.5) is 5.82 Å². The Kier molecular flexibility index (Phi) is 3.95. The zero-order valence-electron chi connectivity index (χ0n) is 11.8. The van der Waals surface area contributed by atoms with Crippen molar-refractivity contribution >= 4 is 28.7 Å². The van der Waals surface area contributed by atoms with Gasteiger partial charge in [-0.05, 0) is 6.26 Å². The number of nitrogens with two attached hydrogens (primary N) is 1. The van der Waals surface area contributed by atoms with Gasteiger partial charge in [0.05, 0.1) is 12.9 Å². The van der Waals surface area contributed by atoms with Crippen molar-refractivity contribution in [1.82, 2.24) is 19.5 Å². The maximum atomic E-state index is 10.9. The van der Waals surface area contributed by atoms with E-state index in [1.807, 2.05) is 0 Å². The first-order valence-electron chi connectivity index (χ1n) is 6.61. The van der Waals surface area contributed by atoms with E-state index in [2.05, 4.69) is 15.0 Å². The SMILES string of the molecule is CSC[C@@]1(O)[C@H](O)[C@@H](CO)O[C@H]1n1cnc2c(N)ncnc21. The van der Waals surface area contributed by atoms with Gasteiger partial charge in [0, 0.05) is 5.75 Å². The Labute approximate surface area is 130 Å². The summed E-state index contributed by atoms with van der Waals surface area (Å²) < 4.78 is 7.14. The van der Waals surface area contributed by atoms with E-state index in [-0.39, 0.29) is 11.6 Å². The summed E-state index contributed by atoms with van der Waals surface area (Å²) in [5.74, 6) is 0.435. The van der Waals surface area contributed by atoms with E-state index < -0.39 is 30.6 Å². The molecule has 0 radical (unpaired) electrons. The highest BCUT2D eigenvalue weighted by Gasteiger charge is 2.56. The van der Waals surface area contributed by atoms with Gasteiger partial charge in [0.1, 0.15) is 29.7 Å². The van der Waals surface area contributed by atoms with Crippen LogP contribution < -0.4 is 5.73 Å². The van der Waals surface area contributed by atoms with Crippen LogP contribution in [0, 0.1) is 0 Å². The lowest BCUT2D eigenvalue weighted by Crippen LogP contribution is -2.49. The Morgan fingerprint density at radius 3 is 2.91 bits per heavy atom. The van der Waals surface area contributed by atoms with Crippen LogP contribution in [0.5, 0.6) is 0 Å². The normalized spacial score (nSPS) is 31.9. The molecule has 4 atom stereocenters. The van der Waals surface area contributed by atoms with Crippen LogP contribution in [0.15, 0.2) is 12.7 Å². The second-order valence-electron chi connectivity index (χ2n) is 5.16.